The van der Waals surface area contributed by atoms with E-state index in [1.165, 1.54) is 32.1 Å². The Hall–Kier alpha value is -0.810. The average Bonchev–Trinajstić information content (AvgIpc) is 3.01. The molecular formula is C13H26N4O. The molecule has 0 unspecified atom stereocenters. The number of amidine groups is 1. The molecule has 0 aromatic heterocycles. The van der Waals surface area contributed by atoms with Crippen molar-refractivity contribution in [3.8, 4) is 0 Å². The van der Waals surface area contributed by atoms with E-state index in [0.717, 1.165) is 13.1 Å². The molecule has 0 bridgehead atoms. The van der Waals surface area contributed by atoms with Crippen molar-refractivity contribution in [1.82, 2.24) is 10.2 Å². The second-order valence-corrected chi connectivity index (χ2v) is 6.34. The normalized spacial score (nSPS) is 24.9. The number of nitrogens with one attached hydrogen (secondary N) is 1. The molecule has 5 heteroatoms. The number of rotatable bonds is 7. The lowest BCUT2D eigenvalue weighted by atomic mass is 9.75. The van der Waals surface area contributed by atoms with Gasteiger partial charge in [-0.3, -0.25) is 0 Å². The summed E-state index contributed by atoms with van der Waals surface area (Å²) in [6, 6.07) is 0. The maximum atomic E-state index is 8.64. The fourth-order valence-electron chi connectivity index (χ4n) is 2.94. The first-order chi connectivity index (χ1) is 8.52. The zero-order chi connectivity index (χ0) is 13.2. The molecule has 2 rings (SSSR count). The summed E-state index contributed by atoms with van der Waals surface area (Å²) in [5, 5.41) is 15.3. The Morgan fingerprint density at radius 1 is 1.28 bits per heavy atom. The lowest BCUT2D eigenvalue weighted by Crippen LogP contribution is -2.57. The molecule has 0 atom stereocenters. The van der Waals surface area contributed by atoms with Crippen molar-refractivity contribution >= 4 is 5.84 Å². The van der Waals surface area contributed by atoms with E-state index in [1.807, 2.05) is 0 Å². The van der Waals surface area contributed by atoms with Crippen LogP contribution in [0.2, 0.25) is 0 Å². The van der Waals surface area contributed by atoms with E-state index in [2.05, 4.69) is 29.5 Å². The maximum absolute atomic E-state index is 8.64. The molecule has 0 radical (unpaired) electrons. The van der Waals surface area contributed by atoms with Gasteiger partial charge in [-0.25, -0.2) is 0 Å². The lowest BCUT2D eigenvalue weighted by Gasteiger charge is -2.47. The van der Waals surface area contributed by atoms with Crippen LogP contribution in [0.4, 0.5) is 0 Å². The third kappa shape index (κ3) is 2.78. The van der Waals surface area contributed by atoms with Crippen LogP contribution in [-0.2, 0) is 0 Å². The van der Waals surface area contributed by atoms with E-state index in [-0.39, 0.29) is 5.41 Å². The molecule has 2 fully saturated rings. The number of hydrogen-bond acceptors (Lipinski definition) is 4. The number of nitrogens with two attached hydrogens (primary N) is 1. The molecule has 0 heterocycles. The average molecular weight is 254 g/mol. The lowest BCUT2D eigenvalue weighted by molar-refractivity contribution is 0.0589. The third-order valence-corrected chi connectivity index (χ3v) is 4.83. The van der Waals surface area contributed by atoms with Gasteiger partial charge in [0.2, 0.25) is 0 Å². The summed E-state index contributed by atoms with van der Waals surface area (Å²) in [4.78, 5) is 2.35. The number of oxime groups is 1. The van der Waals surface area contributed by atoms with Crippen molar-refractivity contribution < 1.29 is 5.21 Å². The van der Waals surface area contributed by atoms with Gasteiger partial charge >= 0.3 is 0 Å². The van der Waals surface area contributed by atoms with Crippen LogP contribution in [0.1, 0.15) is 38.5 Å². The standard InChI is InChI=1S/C13H26N4O/c1-17(2)13(4-3-5-13)10-15-9-12(6-7-12)8-11(14)16-18/h15,18H,3-10H2,1-2H3,(H2,14,16). The number of nitrogens with zero attached hydrogens (tertiary/aromatic N) is 2. The molecule has 2 saturated carbocycles. The van der Waals surface area contributed by atoms with Gasteiger partial charge in [-0.05, 0) is 51.6 Å². The van der Waals surface area contributed by atoms with Gasteiger partial charge in [0.25, 0.3) is 0 Å². The van der Waals surface area contributed by atoms with Gasteiger partial charge in [-0.15, -0.1) is 0 Å². The molecule has 0 saturated heterocycles. The molecule has 0 spiro atoms. The first kappa shape index (κ1) is 13.6. The zero-order valence-electron chi connectivity index (χ0n) is 11.6. The maximum Gasteiger partial charge on any atom is 0.139 e. The van der Waals surface area contributed by atoms with Crippen molar-refractivity contribution in [2.24, 2.45) is 16.3 Å². The van der Waals surface area contributed by atoms with Gasteiger partial charge < -0.3 is 21.2 Å². The summed E-state index contributed by atoms with van der Waals surface area (Å²) in [6.45, 7) is 2.04. The van der Waals surface area contributed by atoms with E-state index in [4.69, 9.17) is 10.9 Å². The summed E-state index contributed by atoms with van der Waals surface area (Å²) in [5.41, 5.74) is 6.23. The fraction of sp³-hybridized carbons (Fsp3) is 0.923. The summed E-state index contributed by atoms with van der Waals surface area (Å²) < 4.78 is 0. The van der Waals surface area contributed by atoms with Crippen molar-refractivity contribution in [3.05, 3.63) is 0 Å². The molecule has 4 N–H and O–H groups in total. The molecular weight excluding hydrogens is 228 g/mol. The van der Waals surface area contributed by atoms with Crippen LogP contribution in [-0.4, -0.2) is 48.7 Å². The van der Waals surface area contributed by atoms with Crippen LogP contribution in [0.3, 0.4) is 0 Å². The summed E-state index contributed by atoms with van der Waals surface area (Å²) >= 11 is 0. The minimum Gasteiger partial charge on any atom is -0.409 e. The second-order valence-electron chi connectivity index (χ2n) is 6.34. The Labute approximate surface area is 109 Å². The summed E-state index contributed by atoms with van der Waals surface area (Å²) in [7, 11) is 4.34. The van der Waals surface area contributed by atoms with E-state index < -0.39 is 0 Å². The molecule has 0 aliphatic heterocycles. The minimum atomic E-state index is 0.258. The number of likely N-dealkylation sites (N-methyl/N-ethyl adjacent to an activating group) is 1. The zero-order valence-corrected chi connectivity index (χ0v) is 11.6. The second kappa shape index (κ2) is 5.05. The van der Waals surface area contributed by atoms with Crippen LogP contribution < -0.4 is 11.1 Å². The highest BCUT2D eigenvalue weighted by Crippen LogP contribution is 2.48. The van der Waals surface area contributed by atoms with Crippen molar-refractivity contribution in [1.29, 1.82) is 0 Å². The first-order valence-corrected chi connectivity index (χ1v) is 6.87. The predicted octanol–water partition coefficient (Wildman–Crippen LogP) is 0.977. The predicted molar refractivity (Wildman–Crippen MR) is 72.8 cm³/mol. The first-order valence-electron chi connectivity index (χ1n) is 6.87. The molecule has 5 nitrogen and oxygen atoms in total. The van der Waals surface area contributed by atoms with Crippen LogP contribution in [0.25, 0.3) is 0 Å². The molecule has 0 aromatic rings. The molecule has 2 aliphatic rings. The monoisotopic (exact) mass is 254 g/mol. The Bertz CT molecular complexity index is 319. The molecule has 0 aromatic carbocycles. The Kier molecular flexibility index (Phi) is 3.82. The highest BCUT2D eigenvalue weighted by atomic mass is 16.4. The highest BCUT2D eigenvalue weighted by molar-refractivity contribution is 5.80. The fourth-order valence-corrected chi connectivity index (χ4v) is 2.94. The Morgan fingerprint density at radius 3 is 2.33 bits per heavy atom. The van der Waals surface area contributed by atoms with E-state index in [0.29, 0.717) is 17.8 Å². The van der Waals surface area contributed by atoms with Crippen LogP contribution in [0, 0.1) is 5.41 Å². The van der Waals surface area contributed by atoms with E-state index in [9.17, 15) is 0 Å². The van der Waals surface area contributed by atoms with Gasteiger partial charge in [-0.1, -0.05) is 5.16 Å². The molecule has 0 amide bonds. The highest BCUT2D eigenvalue weighted by Gasteiger charge is 2.44. The smallest absolute Gasteiger partial charge is 0.139 e. The van der Waals surface area contributed by atoms with Crippen molar-refractivity contribution in [2.75, 3.05) is 27.2 Å². The van der Waals surface area contributed by atoms with Gasteiger partial charge in [0.05, 0.1) is 0 Å². The van der Waals surface area contributed by atoms with Crippen LogP contribution in [0.15, 0.2) is 5.16 Å². The molecule has 18 heavy (non-hydrogen) atoms. The summed E-state index contributed by atoms with van der Waals surface area (Å²) in [6.07, 6.45) is 7.01. The Morgan fingerprint density at radius 2 is 1.94 bits per heavy atom. The Balaban J connectivity index is 1.75. The van der Waals surface area contributed by atoms with Gasteiger partial charge in [0.15, 0.2) is 0 Å². The van der Waals surface area contributed by atoms with Crippen molar-refractivity contribution in [2.45, 2.75) is 44.1 Å². The minimum absolute atomic E-state index is 0.258. The SMILES string of the molecule is CN(C)C1(CNCC2(CC(N)=NO)CC2)CCC1. The largest absolute Gasteiger partial charge is 0.409 e. The van der Waals surface area contributed by atoms with Gasteiger partial charge in [-0.2, -0.15) is 0 Å². The van der Waals surface area contributed by atoms with Gasteiger partial charge in [0, 0.05) is 25.0 Å². The van der Waals surface area contributed by atoms with Crippen molar-refractivity contribution in [3.63, 3.8) is 0 Å². The topological polar surface area (TPSA) is 73.9 Å². The number of hydrogen-bond donors (Lipinski definition) is 3. The summed E-state index contributed by atoms with van der Waals surface area (Å²) in [5.74, 6) is 0.361. The quantitative estimate of drug-likeness (QED) is 0.274. The van der Waals surface area contributed by atoms with Crippen LogP contribution in [0.5, 0.6) is 0 Å². The molecule has 2 aliphatic carbocycles. The third-order valence-electron chi connectivity index (χ3n) is 4.83. The molecule has 104 valence electrons. The van der Waals surface area contributed by atoms with E-state index >= 15 is 0 Å². The van der Waals surface area contributed by atoms with Crippen LogP contribution >= 0.6 is 0 Å². The van der Waals surface area contributed by atoms with Gasteiger partial charge in [0.1, 0.15) is 5.84 Å². The van der Waals surface area contributed by atoms with E-state index in [1.54, 1.807) is 0 Å².